The Morgan fingerprint density at radius 1 is 1.12 bits per heavy atom. The molecule has 3 heterocycles. The smallest absolute Gasteiger partial charge is 0.306 e. The van der Waals surface area contributed by atoms with Crippen LogP contribution in [0.1, 0.15) is 29.2 Å². The number of anilines is 1. The predicted molar refractivity (Wildman–Crippen MR) is 128 cm³/mol. The molecule has 0 saturated heterocycles. The number of methoxy groups -OCH3 is 1. The number of benzene rings is 3. The van der Waals surface area contributed by atoms with E-state index in [0.29, 0.717) is 12.2 Å². The van der Waals surface area contributed by atoms with E-state index in [4.69, 9.17) is 14.6 Å². The largest absolute Gasteiger partial charge is 0.497 e. The van der Waals surface area contributed by atoms with Gasteiger partial charge in [0.1, 0.15) is 11.5 Å². The highest BCUT2D eigenvalue weighted by Crippen LogP contribution is 2.54. The van der Waals surface area contributed by atoms with Crippen molar-refractivity contribution < 1.29 is 14.3 Å². The summed E-state index contributed by atoms with van der Waals surface area (Å²) >= 11 is 7.12. The second-order valence-electron chi connectivity index (χ2n) is 7.92. The maximum absolute atomic E-state index is 13.5. The van der Waals surface area contributed by atoms with Crippen molar-refractivity contribution >= 4 is 49.2 Å². The number of nitrogens with zero attached hydrogens (tertiary/aromatic N) is 2. The first-order valence-corrected chi connectivity index (χ1v) is 11.7. The number of fused-ring (bicyclic) bond motifs is 6. The maximum atomic E-state index is 13.5. The first-order chi connectivity index (χ1) is 15.5. The molecule has 0 radical (unpaired) electrons. The molecule has 3 aliphatic heterocycles. The normalized spacial score (nSPS) is 22.6. The Morgan fingerprint density at radius 3 is 2.78 bits per heavy atom. The van der Waals surface area contributed by atoms with Gasteiger partial charge in [-0.15, -0.1) is 0 Å². The summed E-state index contributed by atoms with van der Waals surface area (Å²) in [6.07, 6.45) is 0.637. The minimum Gasteiger partial charge on any atom is -0.497 e. The molecule has 32 heavy (non-hydrogen) atoms. The molecule has 3 aromatic rings. The Kier molecular flexibility index (Phi) is 4.39. The van der Waals surface area contributed by atoms with Gasteiger partial charge in [-0.05, 0) is 48.5 Å². The van der Waals surface area contributed by atoms with Gasteiger partial charge in [0.15, 0.2) is 0 Å². The standard InChI is InChI=1S/C24H17Br2N3O3/c1-31-16-4-2-3-13(9-16)20-12-21-17-10-14(25)6-8-22(17)32-24(29(21)28-20)18-11-15(26)5-7-19(18)27-23(24)30/h2-11,21H,12H2,1H3,(H,27,30). The van der Waals surface area contributed by atoms with Gasteiger partial charge in [-0.2, -0.15) is 5.10 Å². The quantitative estimate of drug-likeness (QED) is 0.450. The summed E-state index contributed by atoms with van der Waals surface area (Å²) in [6.45, 7) is 0. The van der Waals surface area contributed by atoms with E-state index in [1.54, 1.807) is 7.11 Å². The van der Waals surface area contributed by atoms with Gasteiger partial charge in [-0.25, -0.2) is 5.01 Å². The van der Waals surface area contributed by atoms with Crippen LogP contribution in [0.5, 0.6) is 11.5 Å². The van der Waals surface area contributed by atoms with Crippen molar-refractivity contribution in [1.82, 2.24) is 5.01 Å². The Morgan fingerprint density at radius 2 is 1.94 bits per heavy atom. The summed E-state index contributed by atoms with van der Waals surface area (Å²) in [5.74, 6) is 1.19. The van der Waals surface area contributed by atoms with Gasteiger partial charge in [-0.1, -0.05) is 44.0 Å². The van der Waals surface area contributed by atoms with Gasteiger partial charge in [0, 0.05) is 26.5 Å². The molecule has 2 unspecified atom stereocenters. The fourth-order valence-corrected chi connectivity index (χ4v) is 5.40. The molecule has 1 amide bonds. The molecular formula is C24H17Br2N3O3. The zero-order valence-corrected chi connectivity index (χ0v) is 20.1. The second-order valence-corrected chi connectivity index (χ2v) is 9.75. The van der Waals surface area contributed by atoms with Crippen LogP contribution in [0, 0.1) is 0 Å². The summed E-state index contributed by atoms with van der Waals surface area (Å²) in [6, 6.07) is 19.2. The first-order valence-electron chi connectivity index (χ1n) is 10.1. The van der Waals surface area contributed by atoms with E-state index in [-0.39, 0.29) is 11.9 Å². The van der Waals surface area contributed by atoms with Crippen molar-refractivity contribution in [2.24, 2.45) is 5.10 Å². The van der Waals surface area contributed by atoms with Crippen molar-refractivity contribution in [3.05, 3.63) is 86.3 Å². The monoisotopic (exact) mass is 553 g/mol. The lowest BCUT2D eigenvalue weighted by molar-refractivity contribution is -0.161. The number of carbonyl (C=O) groups is 1. The van der Waals surface area contributed by atoms with E-state index in [0.717, 1.165) is 42.8 Å². The van der Waals surface area contributed by atoms with E-state index in [1.165, 1.54) is 0 Å². The Hall–Kier alpha value is -2.84. The molecule has 6 rings (SSSR count). The summed E-state index contributed by atoms with van der Waals surface area (Å²) in [4.78, 5) is 13.5. The molecule has 0 aromatic heterocycles. The van der Waals surface area contributed by atoms with E-state index in [9.17, 15) is 4.79 Å². The van der Waals surface area contributed by atoms with Crippen LogP contribution in [0.15, 0.2) is 74.7 Å². The number of hydrogen-bond acceptors (Lipinski definition) is 5. The van der Waals surface area contributed by atoms with Crippen LogP contribution in [0.2, 0.25) is 0 Å². The molecule has 3 aliphatic rings. The lowest BCUT2D eigenvalue weighted by atomic mass is 9.92. The molecule has 1 spiro atoms. The van der Waals surface area contributed by atoms with Crippen molar-refractivity contribution in [2.75, 3.05) is 12.4 Å². The van der Waals surface area contributed by atoms with Crippen LogP contribution in [0.25, 0.3) is 0 Å². The molecule has 0 bridgehead atoms. The van der Waals surface area contributed by atoms with Crippen molar-refractivity contribution in [3.8, 4) is 11.5 Å². The van der Waals surface area contributed by atoms with Gasteiger partial charge < -0.3 is 14.8 Å². The van der Waals surface area contributed by atoms with Crippen LogP contribution in [0.4, 0.5) is 5.69 Å². The minimum absolute atomic E-state index is 0.159. The Balaban J connectivity index is 1.57. The summed E-state index contributed by atoms with van der Waals surface area (Å²) in [5, 5.41) is 9.79. The summed E-state index contributed by atoms with van der Waals surface area (Å²) < 4.78 is 13.7. The van der Waals surface area contributed by atoms with E-state index in [2.05, 4.69) is 37.2 Å². The van der Waals surface area contributed by atoms with Crippen molar-refractivity contribution in [1.29, 1.82) is 0 Å². The highest BCUT2D eigenvalue weighted by molar-refractivity contribution is 9.10. The average molecular weight is 555 g/mol. The third-order valence-electron chi connectivity index (χ3n) is 6.13. The Bertz CT molecular complexity index is 1330. The molecule has 8 heteroatoms. The van der Waals surface area contributed by atoms with Crippen LogP contribution < -0.4 is 14.8 Å². The number of amides is 1. The first kappa shape index (κ1) is 19.8. The minimum atomic E-state index is -1.38. The SMILES string of the molecule is COc1cccc(C2=NN3C(C2)c2cc(Br)ccc2OC32C(=O)Nc3ccc(Br)cc32)c1. The van der Waals surface area contributed by atoms with Gasteiger partial charge >= 0.3 is 5.72 Å². The molecule has 160 valence electrons. The number of halogens is 2. The fourth-order valence-electron chi connectivity index (χ4n) is 4.66. The average Bonchev–Trinajstić information content (AvgIpc) is 3.36. The molecular weight excluding hydrogens is 538 g/mol. The highest BCUT2D eigenvalue weighted by atomic mass is 79.9. The van der Waals surface area contributed by atoms with E-state index < -0.39 is 5.72 Å². The van der Waals surface area contributed by atoms with E-state index >= 15 is 0 Å². The molecule has 1 N–H and O–H groups in total. The van der Waals surface area contributed by atoms with Crippen molar-refractivity contribution in [3.63, 3.8) is 0 Å². The molecule has 0 fully saturated rings. The zero-order valence-electron chi connectivity index (χ0n) is 16.9. The van der Waals surface area contributed by atoms with Crippen molar-refractivity contribution in [2.45, 2.75) is 18.2 Å². The van der Waals surface area contributed by atoms with Gasteiger partial charge in [0.2, 0.25) is 0 Å². The predicted octanol–water partition coefficient (Wildman–Crippen LogP) is 5.57. The summed E-state index contributed by atoms with van der Waals surface area (Å²) in [7, 11) is 1.65. The Labute approximate surface area is 201 Å². The van der Waals surface area contributed by atoms with Crippen LogP contribution in [0.3, 0.4) is 0 Å². The number of nitrogens with one attached hydrogen (secondary N) is 1. The topological polar surface area (TPSA) is 63.2 Å². The lowest BCUT2D eigenvalue weighted by Gasteiger charge is -2.44. The number of rotatable bonds is 2. The van der Waals surface area contributed by atoms with E-state index in [1.807, 2.05) is 65.7 Å². The molecule has 0 aliphatic carbocycles. The molecule has 0 saturated carbocycles. The van der Waals surface area contributed by atoms with Gasteiger partial charge in [-0.3, -0.25) is 4.79 Å². The third kappa shape index (κ3) is 2.75. The number of hydrogen-bond donors (Lipinski definition) is 1. The van der Waals surface area contributed by atoms with Crippen LogP contribution >= 0.6 is 31.9 Å². The third-order valence-corrected chi connectivity index (χ3v) is 7.11. The molecule has 6 nitrogen and oxygen atoms in total. The number of hydrazone groups is 1. The van der Waals surface area contributed by atoms with Gasteiger partial charge in [0.25, 0.3) is 5.91 Å². The molecule has 3 aromatic carbocycles. The maximum Gasteiger partial charge on any atom is 0.306 e. The number of carbonyl (C=O) groups excluding carboxylic acids is 1. The lowest BCUT2D eigenvalue weighted by Crippen LogP contribution is -2.55. The summed E-state index contributed by atoms with van der Waals surface area (Å²) in [5.41, 5.74) is 2.90. The zero-order chi connectivity index (χ0) is 22.0. The second kappa shape index (κ2) is 7.08. The van der Waals surface area contributed by atoms with Crippen LogP contribution in [-0.4, -0.2) is 23.7 Å². The highest BCUT2D eigenvalue weighted by Gasteiger charge is 2.61. The van der Waals surface area contributed by atoms with Crippen LogP contribution in [-0.2, 0) is 10.5 Å². The fraction of sp³-hybridized carbons (Fsp3) is 0.167. The van der Waals surface area contributed by atoms with Gasteiger partial charge in [0.05, 0.1) is 30.1 Å². The number of ether oxygens (including phenoxy) is 2. The molecule has 2 atom stereocenters.